The van der Waals surface area contributed by atoms with Crippen LogP contribution >= 0.6 is 11.3 Å². The Labute approximate surface area is 170 Å². The van der Waals surface area contributed by atoms with Gasteiger partial charge in [-0.05, 0) is 73.6 Å². The van der Waals surface area contributed by atoms with E-state index in [0.29, 0.717) is 23.8 Å². The van der Waals surface area contributed by atoms with Gasteiger partial charge in [0, 0.05) is 23.8 Å². The van der Waals surface area contributed by atoms with Crippen molar-refractivity contribution in [2.45, 2.75) is 37.8 Å². The van der Waals surface area contributed by atoms with Gasteiger partial charge in [-0.3, -0.25) is 4.79 Å². The second-order valence-corrected chi connectivity index (χ2v) is 8.18. The van der Waals surface area contributed by atoms with E-state index >= 15 is 0 Å². The van der Waals surface area contributed by atoms with Crippen LogP contribution in [0.1, 0.15) is 47.6 Å². The maximum absolute atomic E-state index is 12.3. The second kappa shape index (κ2) is 9.71. The van der Waals surface area contributed by atoms with E-state index in [1.807, 2.05) is 19.5 Å². The van der Waals surface area contributed by atoms with Crippen molar-refractivity contribution >= 4 is 29.0 Å². The third-order valence-electron chi connectivity index (χ3n) is 5.10. The molecule has 3 rings (SSSR count). The molecule has 1 aliphatic carbocycles. The van der Waals surface area contributed by atoms with Crippen molar-refractivity contribution in [2.24, 2.45) is 0 Å². The number of benzene rings is 1. The Bertz CT molecular complexity index is 768. The van der Waals surface area contributed by atoms with Crippen LogP contribution in [0.5, 0.6) is 0 Å². The monoisotopic (exact) mass is 400 g/mol. The zero-order valence-electron chi connectivity index (χ0n) is 16.4. The number of likely N-dealkylation sites (N-methyl/N-ethyl adjacent to an activating group) is 1. The second-order valence-electron chi connectivity index (χ2n) is 7.40. The van der Waals surface area contributed by atoms with Crippen molar-refractivity contribution in [1.29, 1.82) is 0 Å². The van der Waals surface area contributed by atoms with E-state index in [0.717, 1.165) is 12.8 Å². The first-order chi connectivity index (χ1) is 13.5. The van der Waals surface area contributed by atoms with E-state index in [9.17, 15) is 9.59 Å². The first-order valence-electron chi connectivity index (χ1n) is 9.67. The van der Waals surface area contributed by atoms with Crippen LogP contribution in [0.4, 0.5) is 10.5 Å². The van der Waals surface area contributed by atoms with E-state index in [-0.39, 0.29) is 18.0 Å². The van der Waals surface area contributed by atoms with Crippen molar-refractivity contribution in [3.63, 3.8) is 0 Å². The summed E-state index contributed by atoms with van der Waals surface area (Å²) in [4.78, 5) is 26.6. The molecular formula is C21H28N4O2S. The third-order valence-corrected chi connectivity index (χ3v) is 5.80. The summed E-state index contributed by atoms with van der Waals surface area (Å²) in [5, 5.41) is 12.9. The van der Waals surface area contributed by atoms with Crippen LogP contribution < -0.4 is 16.0 Å². The summed E-state index contributed by atoms with van der Waals surface area (Å²) in [5.41, 5.74) is 2.46. The average Bonchev–Trinajstić information content (AvgIpc) is 3.36. The van der Waals surface area contributed by atoms with Crippen molar-refractivity contribution in [3.05, 3.63) is 52.2 Å². The van der Waals surface area contributed by atoms with Gasteiger partial charge in [0.25, 0.3) is 5.91 Å². The fourth-order valence-electron chi connectivity index (χ4n) is 3.47. The Morgan fingerprint density at radius 1 is 1.14 bits per heavy atom. The van der Waals surface area contributed by atoms with Gasteiger partial charge in [0.2, 0.25) is 0 Å². The molecule has 28 heavy (non-hydrogen) atoms. The van der Waals surface area contributed by atoms with Gasteiger partial charge in [0.15, 0.2) is 0 Å². The summed E-state index contributed by atoms with van der Waals surface area (Å²) in [6.07, 6.45) is 4.49. The minimum absolute atomic E-state index is 0.0486. The lowest BCUT2D eigenvalue weighted by Crippen LogP contribution is -2.36. The molecule has 1 aliphatic rings. The van der Waals surface area contributed by atoms with Gasteiger partial charge in [-0.25, -0.2) is 4.79 Å². The van der Waals surface area contributed by atoms with Crippen LogP contribution in [0.15, 0.2) is 41.1 Å². The molecule has 0 bridgehead atoms. The van der Waals surface area contributed by atoms with Crippen molar-refractivity contribution < 1.29 is 9.59 Å². The van der Waals surface area contributed by atoms with Gasteiger partial charge in [0.05, 0.1) is 6.04 Å². The molecule has 3 amide bonds. The Hall–Kier alpha value is -2.38. The highest BCUT2D eigenvalue weighted by Crippen LogP contribution is 2.20. The van der Waals surface area contributed by atoms with Gasteiger partial charge in [0.1, 0.15) is 0 Å². The number of rotatable bonds is 7. The van der Waals surface area contributed by atoms with Gasteiger partial charge in [-0.1, -0.05) is 12.8 Å². The molecule has 1 unspecified atom stereocenters. The first-order valence-corrected chi connectivity index (χ1v) is 10.6. The highest BCUT2D eigenvalue weighted by atomic mass is 32.1. The number of thiophene rings is 1. The quantitative estimate of drug-likeness (QED) is 0.661. The van der Waals surface area contributed by atoms with Gasteiger partial charge < -0.3 is 20.9 Å². The van der Waals surface area contributed by atoms with Crippen LogP contribution in [0, 0.1) is 0 Å². The van der Waals surface area contributed by atoms with Gasteiger partial charge >= 0.3 is 6.03 Å². The molecule has 3 N–H and O–H groups in total. The van der Waals surface area contributed by atoms with Crippen molar-refractivity contribution in [3.8, 4) is 0 Å². The molecule has 1 heterocycles. The Balaban J connectivity index is 1.49. The molecule has 2 aromatic rings. The number of anilines is 1. The van der Waals surface area contributed by atoms with Gasteiger partial charge in [-0.15, -0.1) is 0 Å². The molecular weight excluding hydrogens is 372 g/mol. The lowest BCUT2D eigenvalue weighted by molar-refractivity contribution is 0.0938. The summed E-state index contributed by atoms with van der Waals surface area (Å²) in [7, 11) is 3.99. The standard InChI is InChI=1S/C21H28N4O2S/c1-25(2)19(16-11-12-28-14-16)13-22-21(27)24-18-9-7-15(8-10-18)20(26)23-17-5-3-4-6-17/h7-12,14,17,19H,3-6,13H2,1-2H3,(H,23,26)(H2,22,24,27). The van der Waals surface area contributed by atoms with E-state index < -0.39 is 0 Å². The number of nitrogens with one attached hydrogen (secondary N) is 3. The number of hydrogen-bond acceptors (Lipinski definition) is 4. The maximum atomic E-state index is 12.3. The number of urea groups is 1. The fraction of sp³-hybridized carbons (Fsp3) is 0.429. The number of hydrogen-bond donors (Lipinski definition) is 3. The highest BCUT2D eigenvalue weighted by Gasteiger charge is 2.18. The van der Waals surface area contributed by atoms with Crippen molar-refractivity contribution in [1.82, 2.24) is 15.5 Å². The highest BCUT2D eigenvalue weighted by molar-refractivity contribution is 7.07. The first kappa shape index (κ1) is 20.4. The zero-order chi connectivity index (χ0) is 19.9. The van der Waals surface area contributed by atoms with Crippen LogP contribution in [0.3, 0.4) is 0 Å². The van der Waals surface area contributed by atoms with Crippen molar-refractivity contribution in [2.75, 3.05) is 26.0 Å². The molecule has 1 atom stereocenters. The lowest BCUT2D eigenvalue weighted by atomic mass is 10.1. The molecule has 7 heteroatoms. The Morgan fingerprint density at radius 2 is 1.86 bits per heavy atom. The molecule has 1 fully saturated rings. The number of amides is 3. The fourth-order valence-corrected chi connectivity index (χ4v) is 4.18. The summed E-state index contributed by atoms with van der Waals surface area (Å²) in [6.45, 7) is 0.511. The molecule has 1 aromatic heterocycles. The molecule has 6 nitrogen and oxygen atoms in total. The summed E-state index contributed by atoms with van der Waals surface area (Å²) >= 11 is 1.65. The molecule has 0 radical (unpaired) electrons. The van der Waals surface area contributed by atoms with Crippen LogP contribution in [0.25, 0.3) is 0 Å². The third kappa shape index (κ3) is 5.56. The number of carbonyl (C=O) groups is 2. The van der Waals surface area contributed by atoms with Crippen LogP contribution in [-0.2, 0) is 0 Å². The number of nitrogens with zero attached hydrogens (tertiary/aromatic N) is 1. The topological polar surface area (TPSA) is 73.5 Å². The summed E-state index contributed by atoms with van der Waals surface area (Å²) in [5.74, 6) is -0.0486. The lowest BCUT2D eigenvalue weighted by Gasteiger charge is -2.24. The Morgan fingerprint density at radius 3 is 2.46 bits per heavy atom. The summed E-state index contributed by atoms with van der Waals surface area (Å²) < 4.78 is 0. The van der Waals surface area contributed by atoms with Gasteiger partial charge in [-0.2, -0.15) is 11.3 Å². The molecule has 0 aliphatic heterocycles. The molecule has 0 spiro atoms. The normalized spacial score (nSPS) is 15.4. The van der Waals surface area contributed by atoms with E-state index in [1.165, 1.54) is 18.4 Å². The Kier molecular flexibility index (Phi) is 7.06. The predicted molar refractivity (Wildman–Crippen MR) is 114 cm³/mol. The smallest absolute Gasteiger partial charge is 0.319 e. The van der Waals surface area contributed by atoms with E-state index in [2.05, 4.69) is 32.3 Å². The van der Waals surface area contributed by atoms with E-state index in [1.54, 1.807) is 35.6 Å². The largest absolute Gasteiger partial charge is 0.349 e. The maximum Gasteiger partial charge on any atom is 0.319 e. The average molecular weight is 401 g/mol. The van der Waals surface area contributed by atoms with Crippen LogP contribution in [-0.4, -0.2) is 43.5 Å². The molecule has 1 aromatic carbocycles. The minimum atomic E-state index is -0.259. The minimum Gasteiger partial charge on any atom is -0.349 e. The van der Waals surface area contributed by atoms with Crippen LogP contribution in [0.2, 0.25) is 0 Å². The number of carbonyl (C=O) groups excluding carboxylic acids is 2. The zero-order valence-corrected chi connectivity index (χ0v) is 17.2. The molecule has 150 valence electrons. The molecule has 0 saturated heterocycles. The SMILES string of the molecule is CN(C)C(CNC(=O)Nc1ccc(C(=O)NC2CCCC2)cc1)c1ccsc1. The molecule has 1 saturated carbocycles. The van der Waals surface area contributed by atoms with E-state index in [4.69, 9.17) is 0 Å². The summed E-state index contributed by atoms with van der Waals surface area (Å²) in [6, 6.07) is 9.23. The predicted octanol–water partition coefficient (Wildman–Crippen LogP) is 3.84.